The number of aromatic amines is 1. The van der Waals surface area contributed by atoms with Crippen molar-refractivity contribution in [2.75, 3.05) is 0 Å². The smallest absolute Gasteiger partial charge is 0.0924 e. The Hall–Kier alpha value is -1.35. The normalized spacial score (nSPS) is 16.4. The highest BCUT2D eigenvalue weighted by molar-refractivity contribution is 5.82. The molecule has 3 rings (SSSR count). The predicted molar refractivity (Wildman–Crippen MR) is 56.0 cm³/mol. The van der Waals surface area contributed by atoms with Crippen molar-refractivity contribution >= 4 is 10.9 Å². The second-order valence-corrected chi connectivity index (χ2v) is 3.97. The highest BCUT2D eigenvalue weighted by atomic mass is 15.1. The molecule has 1 aliphatic carbocycles. The maximum absolute atomic E-state index is 5.62. The lowest BCUT2D eigenvalue weighted by atomic mass is 10.1. The molecular formula is C11H13N3. The number of hydrogen-bond acceptors (Lipinski definition) is 2. The number of rotatable bonds is 2. The minimum absolute atomic E-state index is 0.602. The van der Waals surface area contributed by atoms with E-state index in [-0.39, 0.29) is 0 Å². The largest absolute Gasteiger partial charge is 0.326 e. The number of fused-ring (bicyclic) bond motifs is 1. The first kappa shape index (κ1) is 8.00. The molecular weight excluding hydrogens is 174 g/mol. The van der Waals surface area contributed by atoms with Crippen molar-refractivity contribution in [3.63, 3.8) is 0 Å². The van der Waals surface area contributed by atoms with Gasteiger partial charge in [0.25, 0.3) is 0 Å². The van der Waals surface area contributed by atoms with Crippen LogP contribution in [0.25, 0.3) is 10.9 Å². The van der Waals surface area contributed by atoms with Crippen molar-refractivity contribution < 1.29 is 0 Å². The molecule has 1 aromatic carbocycles. The molecule has 14 heavy (non-hydrogen) atoms. The molecule has 0 radical (unpaired) electrons. The van der Waals surface area contributed by atoms with Crippen LogP contribution in [0.3, 0.4) is 0 Å². The van der Waals surface area contributed by atoms with E-state index in [0.29, 0.717) is 12.5 Å². The van der Waals surface area contributed by atoms with Crippen LogP contribution in [0.1, 0.15) is 30.0 Å². The van der Waals surface area contributed by atoms with Crippen LogP contribution in [0.15, 0.2) is 18.2 Å². The second-order valence-electron chi connectivity index (χ2n) is 3.97. The van der Waals surface area contributed by atoms with Crippen molar-refractivity contribution in [3.8, 4) is 0 Å². The first-order valence-corrected chi connectivity index (χ1v) is 5.05. The lowest BCUT2D eigenvalue weighted by molar-refractivity contribution is 0.978. The Morgan fingerprint density at radius 3 is 3.00 bits per heavy atom. The summed E-state index contributed by atoms with van der Waals surface area (Å²) in [4.78, 5) is 0. The Morgan fingerprint density at radius 1 is 1.43 bits per heavy atom. The molecule has 72 valence electrons. The van der Waals surface area contributed by atoms with E-state index in [2.05, 4.69) is 16.3 Å². The van der Waals surface area contributed by atoms with Crippen LogP contribution in [-0.4, -0.2) is 10.2 Å². The summed E-state index contributed by atoms with van der Waals surface area (Å²) in [7, 11) is 0. The van der Waals surface area contributed by atoms with Crippen molar-refractivity contribution in [2.45, 2.75) is 25.3 Å². The van der Waals surface area contributed by atoms with E-state index in [4.69, 9.17) is 5.73 Å². The van der Waals surface area contributed by atoms with Crippen molar-refractivity contribution in [2.24, 2.45) is 5.73 Å². The van der Waals surface area contributed by atoms with Gasteiger partial charge in [0.2, 0.25) is 0 Å². The zero-order chi connectivity index (χ0) is 9.54. The van der Waals surface area contributed by atoms with Crippen LogP contribution in [0, 0.1) is 0 Å². The van der Waals surface area contributed by atoms with Crippen LogP contribution in [-0.2, 0) is 6.54 Å². The molecule has 0 unspecified atom stereocenters. The highest BCUT2D eigenvalue weighted by Crippen LogP contribution is 2.41. The summed E-state index contributed by atoms with van der Waals surface area (Å²) in [5.41, 5.74) is 9.16. The lowest BCUT2D eigenvalue weighted by Crippen LogP contribution is -1.95. The topological polar surface area (TPSA) is 54.7 Å². The van der Waals surface area contributed by atoms with Gasteiger partial charge in [0.15, 0.2) is 0 Å². The van der Waals surface area contributed by atoms with E-state index < -0.39 is 0 Å². The summed E-state index contributed by atoms with van der Waals surface area (Å²) >= 11 is 0. The maximum Gasteiger partial charge on any atom is 0.0924 e. The zero-order valence-corrected chi connectivity index (χ0v) is 7.96. The van der Waals surface area contributed by atoms with Crippen LogP contribution in [0.4, 0.5) is 0 Å². The molecule has 1 aliphatic rings. The number of hydrogen-bond donors (Lipinski definition) is 2. The van der Waals surface area contributed by atoms with Crippen molar-refractivity contribution in [1.29, 1.82) is 0 Å². The standard InChI is InChI=1S/C11H13N3/c12-6-7-1-4-10-9(5-7)11(14-13-10)8-2-3-8/h1,4-5,8H,2-3,6,12H2,(H,13,14). The Morgan fingerprint density at radius 2 is 2.29 bits per heavy atom. The predicted octanol–water partition coefficient (Wildman–Crippen LogP) is 1.90. The molecule has 0 spiro atoms. The monoisotopic (exact) mass is 187 g/mol. The molecule has 0 saturated heterocycles. The van der Waals surface area contributed by atoms with E-state index in [0.717, 1.165) is 5.52 Å². The summed E-state index contributed by atoms with van der Waals surface area (Å²) in [6.45, 7) is 0.602. The number of H-pyrrole nitrogens is 1. The summed E-state index contributed by atoms with van der Waals surface area (Å²) in [6.07, 6.45) is 2.59. The van der Waals surface area contributed by atoms with E-state index in [1.165, 1.54) is 29.5 Å². The third-order valence-electron chi connectivity index (χ3n) is 2.87. The minimum Gasteiger partial charge on any atom is -0.326 e. The SMILES string of the molecule is NCc1ccc2n[nH]c(C3CC3)c2c1. The molecule has 0 aliphatic heterocycles. The first-order chi connectivity index (χ1) is 6.88. The minimum atomic E-state index is 0.602. The van der Waals surface area contributed by atoms with E-state index >= 15 is 0 Å². The van der Waals surface area contributed by atoms with Gasteiger partial charge in [0, 0.05) is 23.5 Å². The molecule has 0 bridgehead atoms. The fourth-order valence-electron chi connectivity index (χ4n) is 1.89. The Balaban J connectivity index is 2.20. The Labute approximate surface area is 82.3 Å². The molecule has 1 aromatic heterocycles. The number of nitrogens with zero attached hydrogens (tertiary/aromatic N) is 1. The van der Waals surface area contributed by atoms with E-state index in [9.17, 15) is 0 Å². The molecule has 1 fully saturated rings. The molecule has 2 aromatic rings. The number of nitrogens with two attached hydrogens (primary N) is 1. The average Bonchev–Trinajstić information content (AvgIpc) is 2.98. The summed E-state index contributed by atoms with van der Waals surface area (Å²) in [5.74, 6) is 0.716. The van der Waals surface area contributed by atoms with Gasteiger partial charge >= 0.3 is 0 Å². The molecule has 3 N–H and O–H groups in total. The van der Waals surface area contributed by atoms with Crippen molar-refractivity contribution in [3.05, 3.63) is 29.5 Å². The van der Waals surface area contributed by atoms with Crippen molar-refractivity contribution in [1.82, 2.24) is 10.2 Å². The summed E-state index contributed by atoms with van der Waals surface area (Å²) < 4.78 is 0. The van der Waals surface area contributed by atoms with E-state index in [1.807, 2.05) is 12.1 Å². The van der Waals surface area contributed by atoms with Gasteiger partial charge in [-0.15, -0.1) is 0 Å². The molecule has 0 atom stereocenters. The highest BCUT2D eigenvalue weighted by Gasteiger charge is 2.27. The molecule has 1 heterocycles. The third-order valence-corrected chi connectivity index (χ3v) is 2.87. The number of benzene rings is 1. The van der Waals surface area contributed by atoms with Crippen LogP contribution in [0.5, 0.6) is 0 Å². The first-order valence-electron chi connectivity index (χ1n) is 5.05. The molecule has 3 nitrogen and oxygen atoms in total. The maximum atomic E-state index is 5.62. The van der Waals surface area contributed by atoms with Crippen LogP contribution >= 0.6 is 0 Å². The zero-order valence-electron chi connectivity index (χ0n) is 7.96. The fraction of sp³-hybridized carbons (Fsp3) is 0.364. The number of aromatic nitrogens is 2. The number of nitrogens with one attached hydrogen (secondary N) is 1. The van der Waals surface area contributed by atoms with Gasteiger partial charge in [-0.2, -0.15) is 5.10 Å². The Kier molecular flexibility index (Phi) is 1.61. The van der Waals surface area contributed by atoms with Gasteiger partial charge in [-0.1, -0.05) is 6.07 Å². The molecule has 3 heteroatoms. The lowest BCUT2D eigenvalue weighted by Gasteiger charge is -1.97. The van der Waals surface area contributed by atoms with Gasteiger partial charge in [0.05, 0.1) is 5.52 Å². The van der Waals surface area contributed by atoms with Gasteiger partial charge in [-0.25, -0.2) is 0 Å². The Bertz CT molecular complexity index is 468. The summed E-state index contributed by atoms with van der Waals surface area (Å²) in [5, 5.41) is 8.69. The quantitative estimate of drug-likeness (QED) is 0.754. The summed E-state index contributed by atoms with van der Waals surface area (Å²) in [6, 6.07) is 6.24. The molecule has 0 amide bonds. The average molecular weight is 187 g/mol. The molecule has 1 saturated carbocycles. The van der Waals surface area contributed by atoms with Gasteiger partial charge in [0.1, 0.15) is 0 Å². The van der Waals surface area contributed by atoms with Crippen LogP contribution < -0.4 is 5.73 Å². The van der Waals surface area contributed by atoms with Gasteiger partial charge < -0.3 is 5.73 Å². The van der Waals surface area contributed by atoms with Gasteiger partial charge in [-0.3, -0.25) is 5.10 Å². The van der Waals surface area contributed by atoms with Crippen LogP contribution in [0.2, 0.25) is 0 Å². The third kappa shape index (κ3) is 1.13. The second kappa shape index (κ2) is 2.82. The van der Waals surface area contributed by atoms with E-state index in [1.54, 1.807) is 0 Å². The fourth-order valence-corrected chi connectivity index (χ4v) is 1.89. The van der Waals surface area contributed by atoms with Gasteiger partial charge in [-0.05, 0) is 30.5 Å².